The second-order valence-electron chi connectivity index (χ2n) is 6.15. The van der Waals surface area contributed by atoms with Crippen molar-refractivity contribution in [3.63, 3.8) is 0 Å². The van der Waals surface area contributed by atoms with E-state index in [1.165, 1.54) is 25.7 Å². The summed E-state index contributed by atoms with van der Waals surface area (Å²) in [5.41, 5.74) is -0.639. The first kappa shape index (κ1) is 10.6. The van der Waals surface area contributed by atoms with E-state index in [0.717, 1.165) is 30.6 Å². The molecule has 0 heterocycles. The van der Waals surface area contributed by atoms with Crippen molar-refractivity contribution in [1.82, 2.24) is 0 Å². The molecule has 1 N–H and O–H groups in total. The molecule has 16 heavy (non-hydrogen) atoms. The minimum absolute atomic E-state index is 0.135. The molecular formula is C14H21NO. The Hall–Kier alpha value is -0.550. The Bertz CT molecular complexity index is 334. The van der Waals surface area contributed by atoms with Crippen molar-refractivity contribution >= 4 is 0 Å². The summed E-state index contributed by atoms with van der Waals surface area (Å²) >= 11 is 0. The first-order valence-corrected chi connectivity index (χ1v) is 6.82. The van der Waals surface area contributed by atoms with Gasteiger partial charge in [-0.1, -0.05) is 13.3 Å². The molecule has 3 aliphatic rings. The average molecular weight is 219 g/mol. The van der Waals surface area contributed by atoms with Crippen LogP contribution in [0.4, 0.5) is 0 Å². The summed E-state index contributed by atoms with van der Waals surface area (Å²) in [6.07, 6.45) is 6.94. The normalized spacial score (nSPS) is 51.3. The van der Waals surface area contributed by atoms with Gasteiger partial charge in [0.15, 0.2) is 0 Å². The summed E-state index contributed by atoms with van der Waals surface area (Å²) in [5, 5.41) is 20.1. The Kier molecular flexibility index (Phi) is 2.30. The molecule has 3 saturated carbocycles. The second-order valence-corrected chi connectivity index (χ2v) is 6.15. The predicted octanol–water partition coefficient (Wildman–Crippen LogP) is 2.72. The number of nitrogens with zero attached hydrogens (tertiary/aromatic N) is 1. The maximum atomic E-state index is 10.9. The highest BCUT2D eigenvalue weighted by atomic mass is 16.3. The predicted molar refractivity (Wildman–Crippen MR) is 61.4 cm³/mol. The lowest BCUT2D eigenvalue weighted by Gasteiger charge is -2.41. The number of hydrogen-bond donors (Lipinski definition) is 1. The third kappa shape index (κ3) is 1.16. The fraction of sp³-hybridized carbons (Fsp3) is 0.929. The van der Waals surface area contributed by atoms with Gasteiger partial charge in [0.2, 0.25) is 0 Å². The van der Waals surface area contributed by atoms with Crippen molar-refractivity contribution in [2.24, 2.45) is 29.6 Å². The molecule has 2 bridgehead atoms. The van der Waals surface area contributed by atoms with E-state index in [1.807, 2.05) is 6.92 Å². The average Bonchev–Trinajstić information content (AvgIpc) is 2.89. The number of hydrogen-bond acceptors (Lipinski definition) is 2. The van der Waals surface area contributed by atoms with E-state index < -0.39 is 5.60 Å². The highest BCUT2D eigenvalue weighted by molar-refractivity contribution is 5.15. The van der Waals surface area contributed by atoms with Crippen LogP contribution in [0.25, 0.3) is 0 Å². The molecule has 2 heteroatoms. The molecule has 0 amide bonds. The van der Waals surface area contributed by atoms with Gasteiger partial charge >= 0.3 is 0 Å². The molecule has 6 unspecified atom stereocenters. The van der Waals surface area contributed by atoms with Gasteiger partial charge in [0.05, 0.1) is 17.6 Å². The first-order valence-electron chi connectivity index (χ1n) is 6.82. The van der Waals surface area contributed by atoms with Gasteiger partial charge < -0.3 is 5.11 Å². The Morgan fingerprint density at radius 2 is 2.19 bits per heavy atom. The SMILES string of the molecule is CCC(C#N)C1(O)CC2CC1C1CCCC21. The van der Waals surface area contributed by atoms with Crippen LogP contribution in [0, 0.1) is 40.9 Å². The van der Waals surface area contributed by atoms with Gasteiger partial charge in [-0.2, -0.15) is 5.26 Å². The lowest BCUT2D eigenvalue weighted by Crippen LogP contribution is -2.46. The number of fused-ring (bicyclic) bond motifs is 5. The van der Waals surface area contributed by atoms with Crippen molar-refractivity contribution in [1.29, 1.82) is 5.26 Å². The van der Waals surface area contributed by atoms with E-state index in [4.69, 9.17) is 0 Å². The van der Waals surface area contributed by atoms with Crippen molar-refractivity contribution in [2.45, 2.75) is 51.0 Å². The molecule has 88 valence electrons. The second kappa shape index (κ2) is 3.47. The van der Waals surface area contributed by atoms with Crippen LogP contribution in [0.5, 0.6) is 0 Å². The van der Waals surface area contributed by atoms with Crippen molar-refractivity contribution < 1.29 is 5.11 Å². The Balaban J connectivity index is 1.88. The monoisotopic (exact) mass is 219 g/mol. The molecule has 6 atom stereocenters. The zero-order valence-electron chi connectivity index (χ0n) is 10.0. The molecule has 0 aromatic carbocycles. The Morgan fingerprint density at radius 3 is 2.88 bits per heavy atom. The Labute approximate surface area is 97.7 Å². The molecule has 0 saturated heterocycles. The van der Waals surface area contributed by atoms with E-state index in [9.17, 15) is 10.4 Å². The summed E-state index contributed by atoms with van der Waals surface area (Å²) in [4.78, 5) is 0. The summed E-state index contributed by atoms with van der Waals surface area (Å²) in [6, 6.07) is 2.35. The zero-order chi connectivity index (χ0) is 11.3. The van der Waals surface area contributed by atoms with Gasteiger partial charge in [0.25, 0.3) is 0 Å². The summed E-state index contributed by atoms with van der Waals surface area (Å²) < 4.78 is 0. The largest absolute Gasteiger partial charge is 0.388 e. The molecule has 3 fully saturated rings. The van der Waals surface area contributed by atoms with Crippen LogP contribution in [-0.4, -0.2) is 10.7 Å². The smallest absolute Gasteiger partial charge is 0.0838 e. The van der Waals surface area contributed by atoms with Crippen LogP contribution in [0.3, 0.4) is 0 Å². The number of aliphatic hydroxyl groups is 1. The van der Waals surface area contributed by atoms with Crippen LogP contribution in [-0.2, 0) is 0 Å². The Morgan fingerprint density at radius 1 is 1.44 bits per heavy atom. The van der Waals surface area contributed by atoms with E-state index >= 15 is 0 Å². The van der Waals surface area contributed by atoms with Crippen molar-refractivity contribution in [2.75, 3.05) is 0 Å². The van der Waals surface area contributed by atoms with Crippen molar-refractivity contribution in [3.05, 3.63) is 0 Å². The van der Waals surface area contributed by atoms with Gasteiger partial charge in [0.1, 0.15) is 0 Å². The van der Waals surface area contributed by atoms with Crippen LogP contribution < -0.4 is 0 Å². The molecule has 3 rings (SSSR count). The van der Waals surface area contributed by atoms with Gasteiger partial charge in [-0.05, 0) is 55.8 Å². The van der Waals surface area contributed by atoms with Gasteiger partial charge in [0, 0.05) is 0 Å². The van der Waals surface area contributed by atoms with Crippen LogP contribution in [0.2, 0.25) is 0 Å². The standard InChI is InChI=1S/C14H21NO/c1-2-10(8-15)14(16)7-9-6-13(14)12-5-3-4-11(9)12/h9-13,16H,2-7H2,1H3. The maximum Gasteiger partial charge on any atom is 0.0838 e. The van der Waals surface area contributed by atoms with Crippen molar-refractivity contribution in [3.8, 4) is 6.07 Å². The molecule has 0 aliphatic heterocycles. The van der Waals surface area contributed by atoms with Gasteiger partial charge in [-0.15, -0.1) is 0 Å². The molecular weight excluding hydrogens is 198 g/mol. The van der Waals surface area contributed by atoms with E-state index in [2.05, 4.69) is 6.07 Å². The summed E-state index contributed by atoms with van der Waals surface area (Å²) in [5.74, 6) is 2.66. The quantitative estimate of drug-likeness (QED) is 0.776. The van der Waals surface area contributed by atoms with E-state index in [-0.39, 0.29) is 5.92 Å². The third-order valence-corrected chi connectivity index (χ3v) is 5.70. The third-order valence-electron chi connectivity index (χ3n) is 5.70. The highest BCUT2D eigenvalue weighted by Crippen LogP contribution is 2.64. The van der Waals surface area contributed by atoms with Gasteiger partial charge in [-0.3, -0.25) is 0 Å². The molecule has 2 nitrogen and oxygen atoms in total. The zero-order valence-corrected chi connectivity index (χ0v) is 10.0. The van der Waals surface area contributed by atoms with Gasteiger partial charge in [-0.25, -0.2) is 0 Å². The maximum absolute atomic E-state index is 10.9. The summed E-state index contributed by atoms with van der Waals surface area (Å²) in [6.45, 7) is 2.03. The first-order chi connectivity index (χ1) is 7.70. The topological polar surface area (TPSA) is 44.0 Å². The lowest BCUT2D eigenvalue weighted by atomic mass is 9.67. The number of nitriles is 1. The fourth-order valence-electron chi connectivity index (χ4n) is 5.12. The highest BCUT2D eigenvalue weighted by Gasteiger charge is 2.62. The molecule has 0 spiro atoms. The minimum atomic E-state index is -0.639. The molecule has 0 aromatic rings. The fourth-order valence-corrected chi connectivity index (χ4v) is 5.12. The van der Waals surface area contributed by atoms with E-state index in [1.54, 1.807) is 0 Å². The molecule has 3 aliphatic carbocycles. The summed E-state index contributed by atoms with van der Waals surface area (Å²) in [7, 11) is 0. The van der Waals surface area contributed by atoms with Crippen LogP contribution in [0.1, 0.15) is 45.4 Å². The minimum Gasteiger partial charge on any atom is -0.388 e. The van der Waals surface area contributed by atoms with Crippen LogP contribution >= 0.6 is 0 Å². The van der Waals surface area contributed by atoms with E-state index in [0.29, 0.717) is 5.92 Å². The van der Waals surface area contributed by atoms with Crippen LogP contribution in [0.15, 0.2) is 0 Å². The lowest BCUT2D eigenvalue weighted by molar-refractivity contribution is -0.0757. The number of rotatable bonds is 2. The molecule has 0 aromatic heterocycles. The molecule has 0 radical (unpaired) electrons.